The first kappa shape index (κ1) is 8.74. The molecule has 1 heterocycles. The maximum absolute atomic E-state index is 5.03. The molecular formula is C10H9N2O2. The average molecular weight is 189 g/mol. The van der Waals surface area contributed by atoms with Crippen LogP contribution >= 0.6 is 0 Å². The number of nitrogens with zero attached hydrogens (tertiary/aromatic N) is 2. The van der Waals surface area contributed by atoms with Crippen LogP contribution in [0.3, 0.4) is 0 Å². The van der Waals surface area contributed by atoms with Gasteiger partial charge in [0.2, 0.25) is 0 Å². The predicted octanol–water partition coefficient (Wildman–Crippen LogP) is 1.93. The highest BCUT2D eigenvalue weighted by Gasteiger charge is 2.05. The first-order valence-electron chi connectivity index (χ1n) is 4.09. The molecule has 0 aliphatic carbocycles. The highest BCUT2D eigenvalue weighted by molar-refractivity contribution is 5.54. The van der Waals surface area contributed by atoms with E-state index in [2.05, 4.69) is 17.1 Å². The van der Waals surface area contributed by atoms with Crippen molar-refractivity contribution in [2.24, 2.45) is 0 Å². The van der Waals surface area contributed by atoms with E-state index in [4.69, 9.17) is 9.26 Å². The minimum Gasteiger partial charge on any atom is -0.497 e. The van der Waals surface area contributed by atoms with Gasteiger partial charge in [0.25, 0.3) is 5.89 Å². The number of benzene rings is 1. The zero-order valence-corrected chi connectivity index (χ0v) is 7.73. The molecule has 0 bridgehead atoms. The van der Waals surface area contributed by atoms with Crippen molar-refractivity contribution in [2.45, 2.75) is 0 Å². The molecule has 1 radical (unpaired) electrons. The maximum atomic E-state index is 5.03. The Morgan fingerprint density at radius 2 is 2.00 bits per heavy atom. The third-order valence-electron chi connectivity index (χ3n) is 1.81. The molecule has 0 spiro atoms. The molecule has 0 N–H and O–H groups in total. The lowest BCUT2D eigenvalue weighted by Crippen LogP contribution is -1.82. The van der Waals surface area contributed by atoms with Gasteiger partial charge in [0.15, 0.2) is 5.82 Å². The summed E-state index contributed by atoms with van der Waals surface area (Å²) in [5.41, 5.74) is 0.855. The third kappa shape index (κ3) is 1.59. The van der Waals surface area contributed by atoms with Crippen LogP contribution in [-0.2, 0) is 0 Å². The van der Waals surface area contributed by atoms with Crippen LogP contribution in [0.1, 0.15) is 5.82 Å². The van der Waals surface area contributed by atoms with Crippen LogP contribution < -0.4 is 4.74 Å². The third-order valence-corrected chi connectivity index (χ3v) is 1.81. The summed E-state index contributed by atoms with van der Waals surface area (Å²) in [6.07, 6.45) is 0. The topological polar surface area (TPSA) is 48.2 Å². The molecule has 71 valence electrons. The van der Waals surface area contributed by atoms with E-state index >= 15 is 0 Å². The largest absolute Gasteiger partial charge is 0.497 e. The number of aromatic nitrogens is 2. The number of hydrogen-bond donors (Lipinski definition) is 0. The lowest BCUT2D eigenvalue weighted by atomic mass is 10.2. The van der Waals surface area contributed by atoms with Crippen LogP contribution in [0.4, 0.5) is 0 Å². The van der Waals surface area contributed by atoms with Crippen LogP contribution in [0.15, 0.2) is 28.8 Å². The molecule has 4 nitrogen and oxygen atoms in total. The zero-order valence-electron chi connectivity index (χ0n) is 7.73. The first-order valence-corrected chi connectivity index (χ1v) is 4.09. The number of ether oxygens (including phenoxy) is 1. The smallest absolute Gasteiger partial charge is 0.257 e. The summed E-state index contributed by atoms with van der Waals surface area (Å²) in [7, 11) is 1.62. The normalized spacial score (nSPS) is 10.1. The highest BCUT2D eigenvalue weighted by Crippen LogP contribution is 2.20. The molecule has 0 fully saturated rings. The summed E-state index contributed by atoms with van der Waals surface area (Å²) >= 11 is 0. The molecule has 0 aliphatic rings. The Balaban J connectivity index is 2.33. The van der Waals surface area contributed by atoms with Gasteiger partial charge in [0, 0.05) is 12.5 Å². The van der Waals surface area contributed by atoms with E-state index in [1.165, 1.54) is 0 Å². The Labute approximate surface area is 81.5 Å². The van der Waals surface area contributed by atoms with Gasteiger partial charge < -0.3 is 9.26 Å². The molecule has 0 amide bonds. The molecule has 2 aromatic rings. The van der Waals surface area contributed by atoms with Crippen LogP contribution in [-0.4, -0.2) is 17.3 Å². The van der Waals surface area contributed by atoms with E-state index in [0.717, 1.165) is 11.3 Å². The second-order valence-electron chi connectivity index (χ2n) is 2.74. The van der Waals surface area contributed by atoms with Gasteiger partial charge in [-0.3, -0.25) is 0 Å². The molecule has 0 unspecified atom stereocenters. The monoisotopic (exact) mass is 189 g/mol. The Hall–Kier alpha value is -1.84. The van der Waals surface area contributed by atoms with E-state index < -0.39 is 0 Å². The highest BCUT2D eigenvalue weighted by atomic mass is 16.5. The number of hydrogen-bond acceptors (Lipinski definition) is 4. The molecule has 0 saturated heterocycles. The van der Waals surface area contributed by atoms with Crippen molar-refractivity contribution < 1.29 is 9.26 Å². The summed E-state index contributed by atoms with van der Waals surface area (Å²) in [6.45, 7) is 3.56. The fourth-order valence-electron chi connectivity index (χ4n) is 1.10. The Kier molecular flexibility index (Phi) is 2.18. The van der Waals surface area contributed by atoms with Gasteiger partial charge in [0.05, 0.1) is 7.11 Å². The average Bonchev–Trinajstić information content (AvgIpc) is 2.65. The van der Waals surface area contributed by atoms with Crippen molar-refractivity contribution in [3.05, 3.63) is 37.0 Å². The first-order chi connectivity index (χ1) is 6.79. The van der Waals surface area contributed by atoms with E-state index in [1.54, 1.807) is 7.11 Å². The second-order valence-corrected chi connectivity index (χ2v) is 2.74. The van der Waals surface area contributed by atoms with Crippen molar-refractivity contribution in [2.75, 3.05) is 7.11 Å². The predicted molar refractivity (Wildman–Crippen MR) is 50.7 cm³/mol. The SMILES string of the molecule is [CH2]c1noc(-c2ccc(OC)cc2)n1. The van der Waals surface area contributed by atoms with Gasteiger partial charge in [-0.15, -0.1) is 0 Å². The van der Waals surface area contributed by atoms with Gasteiger partial charge in [0.1, 0.15) is 5.75 Å². The Morgan fingerprint density at radius 3 is 2.50 bits per heavy atom. The molecule has 1 aromatic heterocycles. The van der Waals surface area contributed by atoms with Crippen LogP contribution in [0.25, 0.3) is 11.5 Å². The summed E-state index contributed by atoms with van der Waals surface area (Å²) in [4.78, 5) is 4.01. The fraction of sp³-hybridized carbons (Fsp3) is 0.100. The van der Waals surface area contributed by atoms with E-state index in [9.17, 15) is 0 Å². The van der Waals surface area contributed by atoms with Gasteiger partial charge in [-0.25, -0.2) is 0 Å². The molecular weight excluding hydrogens is 180 g/mol. The maximum Gasteiger partial charge on any atom is 0.257 e. The quantitative estimate of drug-likeness (QED) is 0.724. The minimum absolute atomic E-state index is 0.385. The minimum atomic E-state index is 0.385. The van der Waals surface area contributed by atoms with E-state index in [0.29, 0.717) is 11.7 Å². The molecule has 14 heavy (non-hydrogen) atoms. The van der Waals surface area contributed by atoms with Gasteiger partial charge in [-0.1, -0.05) is 5.16 Å². The Morgan fingerprint density at radius 1 is 1.29 bits per heavy atom. The summed E-state index contributed by atoms with van der Waals surface area (Å²) in [5.74, 6) is 1.65. The van der Waals surface area contributed by atoms with Crippen molar-refractivity contribution in [3.8, 4) is 17.2 Å². The molecule has 0 atom stereocenters. The molecule has 1 aromatic carbocycles. The lowest BCUT2D eigenvalue weighted by Gasteiger charge is -1.98. The van der Waals surface area contributed by atoms with Crippen LogP contribution in [0, 0.1) is 6.92 Å². The van der Waals surface area contributed by atoms with Gasteiger partial charge in [-0.2, -0.15) is 4.98 Å². The summed E-state index contributed by atoms with van der Waals surface area (Å²) < 4.78 is 9.99. The molecule has 0 saturated carbocycles. The Bertz CT molecular complexity index is 420. The standard InChI is InChI=1S/C10H9N2O2/c1-7-11-10(14-12-7)8-3-5-9(13-2)6-4-8/h3-6H,1H2,2H3. The van der Waals surface area contributed by atoms with E-state index in [1.807, 2.05) is 24.3 Å². The van der Waals surface area contributed by atoms with Crippen LogP contribution in [0.5, 0.6) is 5.75 Å². The number of methoxy groups -OCH3 is 1. The molecule has 2 rings (SSSR count). The van der Waals surface area contributed by atoms with Crippen LogP contribution in [0.2, 0.25) is 0 Å². The summed E-state index contributed by atoms with van der Waals surface area (Å²) in [6, 6.07) is 7.38. The van der Waals surface area contributed by atoms with Crippen molar-refractivity contribution in [1.82, 2.24) is 10.1 Å². The lowest BCUT2D eigenvalue weighted by molar-refractivity contribution is 0.414. The molecule has 4 heteroatoms. The fourth-order valence-corrected chi connectivity index (χ4v) is 1.10. The van der Waals surface area contributed by atoms with Gasteiger partial charge in [-0.05, 0) is 24.3 Å². The molecule has 0 aliphatic heterocycles. The van der Waals surface area contributed by atoms with E-state index in [-0.39, 0.29) is 0 Å². The second kappa shape index (κ2) is 3.49. The van der Waals surface area contributed by atoms with Crippen molar-refractivity contribution in [1.29, 1.82) is 0 Å². The summed E-state index contributed by atoms with van der Waals surface area (Å²) in [5, 5.41) is 3.61. The number of rotatable bonds is 2. The zero-order chi connectivity index (χ0) is 9.97. The van der Waals surface area contributed by atoms with Crippen molar-refractivity contribution in [3.63, 3.8) is 0 Å². The van der Waals surface area contributed by atoms with Crippen molar-refractivity contribution >= 4 is 0 Å². The van der Waals surface area contributed by atoms with Gasteiger partial charge >= 0.3 is 0 Å².